The Morgan fingerprint density at radius 3 is 2.48 bits per heavy atom. The van der Waals surface area contributed by atoms with Gasteiger partial charge in [0.1, 0.15) is 11.4 Å². The average molecular weight is 467 g/mol. The number of carbonyl (C=O) groups is 2. The van der Waals surface area contributed by atoms with E-state index in [2.05, 4.69) is 17.1 Å². The molecule has 7 heteroatoms. The fourth-order valence-electron chi connectivity index (χ4n) is 5.05. The maximum Gasteiger partial charge on any atom is 0.416 e. The number of aliphatic carboxylic acids is 1. The first-order valence-corrected chi connectivity index (χ1v) is 11.6. The molecule has 2 aromatic rings. The molecule has 0 radical (unpaired) electrons. The van der Waals surface area contributed by atoms with Crippen LogP contribution in [0.15, 0.2) is 42.6 Å². The van der Waals surface area contributed by atoms with Crippen LogP contribution in [0, 0.1) is 0 Å². The molecule has 2 heterocycles. The Labute approximate surface area is 198 Å². The fraction of sp³-hybridized carbons (Fsp3) is 0.423. The van der Waals surface area contributed by atoms with Crippen molar-refractivity contribution in [2.24, 2.45) is 0 Å². The van der Waals surface area contributed by atoms with E-state index in [1.165, 1.54) is 0 Å². The summed E-state index contributed by atoms with van der Waals surface area (Å²) in [5, 5.41) is 10.3. The molecule has 1 N–H and O–H groups in total. The van der Waals surface area contributed by atoms with Gasteiger partial charge in [0.25, 0.3) is 0 Å². The highest BCUT2D eigenvalue weighted by atomic mass is 35.5. The number of carboxylic acid groups (broad SMARTS) is 1. The van der Waals surface area contributed by atoms with Gasteiger partial charge in [0.15, 0.2) is 0 Å². The molecule has 0 saturated heterocycles. The Kier molecular flexibility index (Phi) is 4.87. The van der Waals surface area contributed by atoms with Crippen molar-refractivity contribution < 1.29 is 19.4 Å². The van der Waals surface area contributed by atoms with E-state index in [-0.39, 0.29) is 5.41 Å². The number of carboxylic acids is 1. The second-order valence-electron chi connectivity index (χ2n) is 10.4. The van der Waals surface area contributed by atoms with E-state index in [0.29, 0.717) is 30.2 Å². The molecule has 1 spiro atoms. The van der Waals surface area contributed by atoms with Crippen LogP contribution < -0.4 is 4.90 Å². The smallest absolute Gasteiger partial charge is 0.416 e. The number of hydrogen-bond acceptors (Lipinski definition) is 4. The Morgan fingerprint density at radius 1 is 1.18 bits per heavy atom. The zero-order chi connectivity index (χ0) is 23.6. The largest absolute Gasteiger partial charge is 0.481 e. The second-order valence-corrected chi connectivity index (χ2v) is 10.8. The molecule has 0 atom stereocenters. The highest BCUT2D eigenvalue weighted by molar-refractivity contribution is 6.35. The van der Waals surface area contributed by atoms with Crippen LogP contribution in [0.2, 0.25) is 5.02 Å². The summed E-state index contributed by atoms with van der Waals surface area (Å²) < 4.78 is 5.65. The van der Waals surface area contributed by atoms with Gasteiger partial charge in [-0.25, -0.2) is 9.78 Å². The molecule has 1 saturated carbocycles. The van der Waals surface area contributed by atoms with Gasteiger partial charge in [-0.2, -0.15) is 0 Å². The van der Waals surface area contributed by atoms with E-state index in [4.69, 9.17) is 16.3 Å². The molecule has 1 fully saturated rings. The number of halogens is 1. The summed E-state index contributed by atoms with van der Waals surface area (Å²) >= 11 is 7.04. The summed E-state index contributed by atoms with van der Waals surface area (Å²) in [6.07, 6.45) is 8.31. The molecular weight excluding hydrogens is 440 g/mol. The maximum absolute atomic E-state index is 13.0. The monoisotopic (exact) mass is 466 g/mol. The molecular formula is C26H27ClN2O4. The minimum Gasteiger partial charge on any atom is -0.481 e. The van der Waals surface area contributed by atoms with Crippen molar-refractivity contribution in [1.82, 2.24) is 4.98 Å². The van der Waals surface area contributed by atoms with Gasteiger partial charge in [-0.05, 0) is 63.6 Å². The number of carbonyl (C=O) groups excluding carboxylic acids is 1. The lowest BCUT2D eigenvalue weighted by Gasteiger charge is -2.27. The third-order valence-corrected chi connectivity index (χ3v) is 7.32. The molecule has 1 aromatic carbocycles. The van der Waals surface area contributed by atoms with Gasteiger partial charge in [0.2, 0.25) is 0 Å². The number of nitrogens with zero attached hydrogens (tertiary/aromatic N) is 2. The van der Waals surface area contributed by atoms with Crippen LogP contribution in [-0.2, 0) is 20.4 Å². The summed E-state index contributed by atoms with van der Waals surface area (Å²) in [5.41, 5.74) is 1.49. The first-order valence-electron chi connectivity index (χ1n) is 11.3. The second kappa shape index (κ2) is 7.32. The minimum absolute atomic E-state index is 0.331. The van der Waals surface area contributed by atoms with Crippen LogP contribution in [0.3, 0.4) is 0 Å². The van der Waals surface area contributed by atoms with Crippen molar-refractivity contribution >= 4 is 29.5 Å². The first-order chi connectivity index (χ1) is 15.6. The van der Waals surface area contributed by atoms with E-state index in [1.807, 2.05) is 45.0 Å². The predicted octanol–water partition coefficient (Wildman–Crippen LogP) is 5.86. The zero-order valence-electron chi connectivity index (χ0n) is 19.0. The van der Waals surface area contributed by atoms with E-state index >= 15 is 0 Å². The lowest BCUT2D eigenvalue weighted by atomic mass is 9.80. The Bertz CT molecular complexity index is 1190. The third-order valence-electron chi connectivity index (χ3n) is 6.93. The molecule has 3 aliphatic rings. The maximum atomic E-state index is 13.0. The van der Waals surface area contributed by atoms with Crippen LogP contribution >= 0.6 is 11.6 Å². The Morgan fingerprint density at radius 2 is 1.88 bits per heavy atom. The van der Waals surface area contributed by atoms with E-state index in [1.54, 1.807) is 11.1 Å². The van der Waals surface area contributed by atoms with Gasteiger partial charge in [0, 0.05) is 29.3 Å². The molecule has 0 bridgehead atoms. The number of amides is 1. The number of fused-ring (bicyclic) bond motifs is 2. The van der Waals surface area contributed by atoms with Crippen molar-refractivity contribution in [3.8, 4) is 11.1 Å². The molecule has 1 amide bonds. The van der Waals surface area contributed by atoms with Crippen molar-refractivity contribution in [3.05, 3.63) is 58.8 Å². The van der Waals surface area contributed by atoms with Crippen LogP contribution in [0.4, 0.5) is 10.6 Å². The van der Waals surface area contributed by atoms with Crippen molar-refractivity contribution in [3.63, 3.8) is 0 Å². The zero-order valence-corrected chi connectivity index (χ0v) is 19.8. The number of ether oxygens (including phenoxy) is 1. The topological polar surface area (TPSA) is 79.7 Å². The molecule has 33 heavy (non-hydrogen) atoms. The lowest BCUT2D eigenvalue weighted by molar-refractivity contribution is -0.140. The van der Waals surface area contributed by atoms with Gasteiger partial charge in [-0.15, -0.1) is 0 Å². The standard InChI is InChI=1S/C26H27ClN2O4/c1-24(2,3)33-23(32)29-15-25(9-4-5-10-25)19-20(27)18(14-28-21(19)29)16-7-6-8-17(13-16)26(11-12-26)22(30)31/h4-8,13-14H,9-12,15H2,1-3H3,(H,30,31). The normalized spacial score (nSPS) is 19.6. The van der Waals surface area contributed by atoms with Crippen molar-refractivity contribution in [1.29, 1.82) is 0 Å². The number of aromatic nitrogens is 1. The van der Waals surface area contributed by atoms with Gasteiger partial charge in [-0.3, -0.25) is 9.69 Å². The highest BCUT2D eigenvalue weighted by Gasteiger charge is 2.52. The van der Waals surface area contributed by atoms with Crippen LogP contribution in [0.25, 0.3) is 11.1 Å². The number of pyridine rings is 1. The van der Waals surface area contributed by atoms with E-state index in [9.17, 15) is 14.7 Å². The minimum atomic E-state index is -0.795. The predicted molar refractivity (Wildman–Crippen MR) is 127 cm³/mol. The number of rotatable bonds is 3. The molecule has 2 aliphatic carbocycles. The Balaban J connectivity index is 1.59. The summed E-state index contributed by atoms with van der Waals surface area (Å²) in [5.74, 6) is -0.246. The van der Waals surface area contributed by atoms with Gasteiger partial charge >= 0.3 is 12.1 Å². The lowest BCUT2D eigenvalue weighted by Crippen LogP contribution is -2.39. The fourth-order valence-corrected chi connectivity index (χ4v) is 5.49. The summed E-state index contributed by atoms with van der Waals surface area (Å²) in [7, 11) is 0. The quantitative estimate of drug-likeness (QED) is 0.573. The van der Waals surface area contributed by atoms with Crippen molar-refractivity contribution in [2.75, 3.05) is 11.4 Å². The molecule has 1 aliphatic heterocycles. The molecule has 6 nitrogen and oxygen atoms in total. The Hall–Kier alpha value is -2.86. The molecule has 172 valence electrons. The molecule has 5 rings (SSSR count). The highest BCUT2D eigenvalue weighted by Crippen LogP contribution is 2.53. The first kappa shape index (κ1) is 22.0. The number of benzene rings is 1. The van der Waals surface area contributed by atoms with Crippen molar-refractivity contribution in [2.45, 2.75) is 62.9 Å². The summed E-state index contributed by atoms with van der Waals surface area (Å²) in [6, 6.07) is 7.58. The van der Waals surface area contributed by atoms with Crippen LogP contribution in [0.5, 0.6) is 0 Å². The van der Waals surface area contributed by atoms with Gasteiger partial charge in [0.05, 0.1) is 10.4 Å². The van der Waals surface area contributed by atoms with Crippen LogP contribution in [0.1, 0.15) is 57.6 Å². The number of hydrogen-bond donors (Lipinski definition) is 1. The van der Waals surface area contributed by atoms with E-state index < -0.39 is 23.1 Å². The SMILES string of the molecule is CC(C)(C)OC(=O)N1CC2(CC=CC2)c2c1ncc(-c1cccc(C3(C(=O)O)CC3)c1)c2Cl. The van der Waals surface area contributed by atoms with Gasteiger partial charge < -0.3 is 9.84 Å². The number of allylic oxidation sites excluding steroid dienone is 2. The third kappa shape index (κ3) is 3.52. The van der Waals surface area contributed by atoms with E-state index in [0.717, 1.165) is 35.1 Å². The average Bonchev–Trinajstić information content (AvgIpc) is 3.33. The van der Waals surface area contributed by atoms with Gasteiger partial charge in [-0.1, -0.05) is 42.0 Å². The summed E-state index contributed by atoms with van der Waals surface area (Å²) in [4.78, 5) is 31.1. The number of anilines is 1. The molecule has 0 unspecified atom stereocenters. The van der Waals surface area contributed by atoms with Crippen LogP contribution in [-0.4, -0.2) is 34.3 Å². The molecule has 1 aromatic heterocycles. The summed E-state index contributed by atoms with van der Waals surface area (Å²) in [6.45, 7) is 5.99.